The maximum absolute atomic E-state index is 15.5. The molecule has 0 bridgehead atoms. The molecule has 0 unspecified atom stereocenters. The van der Waals surface area contributed by atoms with Crippen molar-refractivity contribution in [2.45, 2.75) is 75.8 Å². The van der Waals surface area contributed by atoms with Crippen molar-refractivity contribution in [2.24, 2.45) is 5.92 Å². The van der Waals surface area contributed by atoms with Crippen LogP contribution in [0.4, 0.5) is 15.5 Å². The Morgan fingerprint density at radius 2 is 1.94 bits per heavy atom. The molecule has 3 aliphatic heterocycles. The zero-order valence-electron chi connectivity index (χ0n) is 19.6. The number of rotatable bonds is 4. The van der Waals surface area contributed by atoms with Crippen LogP contribution in [0.25, 0.3) is 0 Å². The number of aliphatic hydroxyl groups is 1. The van der Waals surface area contributed by atoms with Crippen LogP contribution in [0.3, 0.4) is 0 Å². The van der Waals surface area contributed by atoms with E-state index >= 15 is 4.11 Å². The van der Waals surface area contributed by atoms with Crippen molar-refractivity contribution < 1.29 is 23.5 Å². The second-order valence-electron chi connectivity index (χ2n) is 10.1. The molecule has 0 aromatic heterocycles. The minimum Gasteiger partial charge on any atom is -0.396 e. The Kier molecular flexibility index (Phi) is 6.24. The van der Waals surface area contributed by atoms with Gasteiger partial charge >= 0.3 is 0 Å². The smallest absolute Gasteiger partial charge is 0.264 e. The fourth-order valence-electron chi connectivity index (χ4n) is 6.14. The van der Waals surface area contributed by atoms with Gasteiger partial charge < -0.3 is 23.8 Å². The summed E-state index contributed by atoms with van der Waals surface area (Å²) < 4.78 is 21.9. The average molecular weight is 463 g/mol. The van der Waals surface area contributed by atoms with Crippen LogP contribution in [0, 0.1) is 5.92 Å². The number of carbonyl (C=O) groups is 2. The molecule has 2 fully saturated rings. The molecule has 3 aliphatic rings. The van der Waals surface area contributed by atoms with Gasteiger partial charge in [-0.2, -0.15) is 0 Å². The summed E-state index contributed by atoms with van der Waals surface area (Å²) in [6, 6.07) is 5.70. The number of likely N-dealkylation sites (N-methyl/N-ethyl adjacent to an activating group) is 1. The van der Waals surface area contributed by atoms with E-state index in [0.717, 1.165) is 37.1 Å². The second kappa shape index (κ2) is 8.54. The molecule has 6 nitrogen and oxygen atoms in total. The number of amides is 2. The predicted octanol–water partition coefficient (Wildman–Crippen LogP) is 4.12. The van der Waals surface area contributed by atoms with E-state index in [1.165, 1.54) is 0 Å². The fourth-order valence-corrected chi connectivity index (χ4v) is 8.68. The van der Waals surface area contributed by atoms with Gasteiger partial charge in [-0.25, -0.2) is 0 Å². The molecule has 1 aromatic carbocycles. The van der Waals surface area contributed by atoms with Crippen molar-refractivity contribution in [3.63, 3.8) is 0 Å². The highest BCUT2D eigenvalue weighted by Crippen LogP contribution is 2.60. The molecule has 4 atom stereocenters. The summed E-state index contributed by atoms with van der Waals surface area (Å²) in [6.45, 7) is 5.75. The van der Waals surface area contributed by atoms with Crippen LogP contribution in [-0.2, 0) is 19.9 Å². The minimum atomic E-state index is -3.19. The van der Waals surface area contributed by atoms with E-state index in [9.17, 15) is 14.7 Å². The molecule has 4 rings (SSSR count). The first-order valence-corrected chi connectivity index (χ1v) is 14.8. The number of anilines is 2. The highest BCUT2D eigenvalue weighted by atomic mass is 28.4. The van der Waals surface area contributed by atoms with Crippen LogP contribution in [-0.4, -0.2) is 51.6 Å². The van der Waals surface area contributed by atoms with Crippen LogP contribution >= 0.6 is 0 Å². The van der Waals surface area contributed by atoms with E-state index in [1.807, 2.05) is 30.0 Å². The van der Waals surface area contributed by atoms with Crippen molar-refractivity contribution in [1.29, 1.82) is 0 Å². The lowest BCUT2D eigenvalue weighted by Crippen LogP contribution is -2.44. The molecule has 1 N–H and O–H groups in total. The van der Waals surface area contributed by atoms with Gasteiger partial charge in [-0.1, -0.05) is 19.8 Å². The summed E-state index contributed by atoms with van der Waals surface area (Å²) in [5.41, 5.74) is 0.533. The molecule has 3 heterocycles. The first-order chi connectivity index (χ1) is 15.1. The van der Waals surface area contributed by atoms with Gasteiger partial charge in [0.15, 0.2) is 5.60 Å². The van der Waals surface area contributed by atoms with Gasteiger partial charge in [0.2, 0.25) is 14.3 Å². The maximum Gasteiger partial charge on any atom is 0.264 e. The monoisotopic (exact) mass is 462 g/mol. The van der Waals surface area contributed by atoms with Crippen molar-refractivity contribution in [1.82, 2.24) is 0 Å². The predicted molar refractivity (Wildman–Crippen MR) is 125 cm³/mol. The third-order valence-corrected chi connectivity index (χ3v) is 10.1. The number of benzene rings is 1. The van der Waals surface area contributed by atoms with Crippen LogP contribution in [0.15, 0.2) is 18.2 Å². The summed E-state index contributed by atoms with van der Waals surface area (Å²) in [7, 11) is -1.47. The third kappa shape index (κ3) is 3.60. The molecule has 8 heteroatoms. The Hall–Kier alpha value is -1.77. The Morgan fingerprint density at radius 1 is 1.22 bits per heavy atom. The van der Waals surface area contributed by atoms with Crippen LogP contribution in [0.2, 0.25) is 18.6 Å². The normalized spacial score (nSPS) is 31.2. The van der Waals surface area contributed by atoms with E-state index in [1.54, 1.807) is 25.0 Å². The molecule has 1 aromatic rings. The Bertz CT molecular complexity index is 904. The Balaban J connectivity index is 1.80. The van der Waals surface area contributed by atoms with Crippen LogP contribution < -0.4 is 9.80 Å². The number of ether oxygens (including phenoxy) is 1. The zero-order chi connectivity index (χ0) is 23.3. The lowest BCUT2D eigenvalue weighted by Gasteiger charge is -2.31. The van der Waals surface area contributed by atoms with Crippen molar-refractivity contribution in [3.8, 4) is 0 Å². The minimum absolute atomic E-state index is 0.102. The van der Waals surface area contributed by atoms with Gasteiger partial charge in [0.25, 0.3) is 5.91 Å². The molecule has 2 saturated heterocycles. The molecule has 0 radical (unpaired) electrons. The molecule has 1 spiro atoms. The molecule has 32 heavy (non-hydrogen) atoms. The number of aliphatic hydroxyl groups excluding tert-OH is 1. The van der Waals surface area contributed by atoms with E-state index < -0.39 is 25.7 Å². The summed E-state index contributed by atoms with van der Waals surface area (Å²) in [5, 5.41) is 9.61. The Labute approximate surface area is 190 Å². The number of hydrogen-bond donors (Lipinski definition) is 1. The number of carbonyl (C=O) groups excluding carboxylic acids is 2. The van der Waals surface area contributed by atoms with Crippen molar-refractivity contribution in [2.75, 3.05) is 30.0 Å². The number of fused-ring (bicyclic) bond motifs is 2. The van der Waals surface area contributed by atoms with Crippen molar-refractivity contribution in [3.05, 3.63) is 23.8 Å². The number of halogens is 1. The molecule has 0 saturated carbocycles. The summed E-state index contributed by atoms with van der Waals surface area (Å²) in [4.78, 5) is 29.9. The molecule has 0 aliphatic carbocycles. The van der Waals surface area contributed by atoms with Gasteiger partial charge in [0, 0.05) is 49.3 Å². The largest absolute Gasteiger partial charge is 0.396 e. The van der Waals surface area contributed by atoms with Gasteiger partial charge in [0.05, 0.1) is 11.8 Å². The summed E-state index contributed by atoms with van der Waals surface area (Å²) in [6.07, 6.45) is 4.32. The Morgan fingerprint density at radius 3 is 2.62 bits per heavy atom. The van der Waals surface area contributed by atoms with E-state index in [4.69, 9.17) is 4.74 Å². The third-order valence-electron chi connectivity index (χ3n) is 7.62. The quantitative estimate of drug-likeness (QED) is 0.540. The summed E-state index contributed by atoms with van der Waals surface area (Å²) in [5.74, 6) is -0.467. The number of hydrogen-bond acceptors (Lipinski definition) is 4. The molecular weight excluding hydrogens is 427 g/mol. The van der Waals surface area contributed by atoms with E-state index in [2.05, 4.69) is 0 Å². The lowest BCUT2D eigenvalue weighted by molar-refractivity contribution is -0.146. The van der Waals surface area contributed by atoms with Crippen LogP contribution in [0.1, 0.15) is 51.0 Å². The van der Waals surface area contributed by atoms with E-state index in [0.29, 0.717) is 24.9 Å². The summed E-state index contributed by atoms with van der Waals surface area (Å²) >= 11 is 0. The highest BCUT2D eigenvalue weighted by Gasteiger charge is 2.66. The maximum atomic E-state index is 15.5. The molecule has 176 valence electrons. The van der Waals surface area contributed by atoms with Crippen molar-refractivity contribution >= 4 is 31.6 Å². The molecular formula is C24H35FN2O4Si. The van der Waals surface area contributed by atoms with Gasteiger partial charge in [-0.05, 0) is 50.6 Å². The zero-order valence-corrected chi connectivity index (χ0v) is 20.6. The van der Waals surface area contributed by atoms with Gasteiger partial charge in [0.1, 0.15) is 0 Å². The number of nitrogens with zero attached hydrogens (tertiary/aromatic N) is 2. The highest BCUT2D eigenvalue weighted by molar-refractivity contribution is 6.72. The molecule has 2 amide bonds. The first-order valence-electron chi connectivity index (χ1n) is 11.8. The first kappa shape index (κ1) is 23.4. The SMILES string of the molecule is C[C@H]1[C@H]([Si](C)(C)F)[C@@H](CCO)O[C@]12C(=O)N(C)c1ccc(N3CCCCCCC3=O)cc12. The average Bonchev–Trinajstić information content (AvgIpc) is 3.13. The van der Waals surface area contributed by atoms with E-state index in [-0.39, 0.29) is 24.3 Å². The van der Waals surface area contributed by atoms with Crippen LogP contribution in [0.5, 0.6) is 0 Å². The van der Waals surface area contributed by atoms with Gasteiger partial charge in [-0.15, -0.1) is 0 Å². The fraction of sp³-hybridized carbons (Fsp3) is 0.667. The lowest BCUT2D eigenvalue weighted by atomic mass is 9.82. The second-order valence-corrected chi connectivity index (χ2v) is 13.9. The topological polar surface area (TPSA) is 70.1 Å². The van der Waals surface area contributed by atoms with Gasteiger partial charge in [-0.3, -0.25) is 9.59 Å². The standard InChI is InChI=1S/C24H35FN2O4Si/c1-16-22(32(3,4)25)20(12-14-28)31-24(16)18-15-17(10-11-19(18)26(2)23(24)30)27-13-8-6-5-7-9-21(27)29/h10-11,15-16,20,22,28H,5-9,12-14H2,1-4H3/t16-,20+,22-,24+/m0/s1.